The number of amidine groups is 1. The van der Waals surface area contributed by atoms with Crippen LogP contribution in [-0.2, 0) is 4.79 Å². The van der Waals surface area contributed by atoms with Crippen molar-refractivity contribution in [3.05, 3.63) is 0 Å². The Morgan fingerprint density at radius 3 is 3.00 bits per heavy atom. The Kier molecular flexibility index (Phi) is 2.06. The molecule has 0 aliphatic carbocycles. The van der Waals surface area contributed by atoms with E-state index < -0.39 is 0 Å². The first-order chi connectivity index (χ1) is 5.24. The summed E-state index contributed by atoms with van der Waals surface area (Å²) in [7, 11) is 0. The maximum Gasteiger partial charge on any atom is 0.250 e. The van der Waals surface area contributed by atoms with E-state index in [2.05, 4.69) is 5.10 Å². The van der Waals surface area contributed by atoms with E-state index >= 15 is 0 Å². The minimum atomic E-state index is -0.127. The summed E-state index contributed by atoms with van der Waals surface area (Å²) in [6.07, 6.45) is 0.480. The predicted octanol–water partition coefficient (Wildman–Crippen LogP) is -0.595. The Balaban J connectivity index is 2.47. The van der Waals surface area contributed by atoms with Crippen molar-refractivity contribution in [2.24, 2.45) is 10.8 Å². The molecule has 0 bridgehead atoms. The van der Waals surface area contributed by atoms with Gasteiger partial charge in [0, 0.05) is 0 Å². The number of carbonyl (C=O) groups excluding carboxylic acids is 1. The van der Waals surface area contributed by atoms with Crippen LogP contribution in [0.5, 0.6) is 0 Å². The van der Waals surface area contributed by atoms with Crippen LogP contribution >= 0.6 is 0 Å². The van der Waals surface area contributed by atoms with Gasteiger partial charge in [0.1, 0.15) is 5.84 Å². The van der Waals surface area contributed by atoms with E-state index in [4.69, 9.17) is 11.0 Å². The summed E-state index contributed by atoms with van der Waals surface area (Å²) >= 11 is 0. The monoisotopic (exact) mass is 152 g/mol. The molecule has 5 nitrogen and oxygen atoms in total. The molecule has 1 rings (SSSR count). The second kappa shape index (κ2) is 3.01. The van der Waals surface area contributed by atoms with Crippen molar-refractivity contribution >= 4 is 11.7 Å². The Morgan fingerprint density at radius 1 is 1.82 bits per heavy atom. The molecule has 0 saturated heterocycles. The van der Waals surface area contributed by atoms with Crippen molar-refractivity contribution in [1.82, 2.24) is 5.01 Å². The standard InChI is InChI=1S/C6H8N4O/c7-2-1-3-10-6(11)4-5(8)9-10/h1,3-4H2,(H2,8,9). The average molecular weight is 152 g/mol. The van der Waals surface area contributed by atoms with Gasteiger partial charge in [-0.3, -0.25) is 4.79 Å². The van der Waals surface area contributed by atoms with Gasteiger partial charge in [0.25, 0.3) is 0 Å². The number of nitrogens with zero attached hydrogens (tertiary/aromatic N) is 3. The number of rotatable bonds is 2. The van der Waals surface area contributed by atoms with Crippen molar-refractivity contribution < 1.29 is 4.79 Å². The molecule has 0 spiro atoms. The normalized spacial score (nSPS) is 16.5. The van der Waals surface area contributed by atoms with Gasteiger partial charge in [0.15, 0.2) is 0 Å². The molecule has 0 saturated carbocycles. The van der Waals surface area contributed by atoms with E-state index in [9.17, 15) is 4.79 Å². The van der Waals surface area contributed by atoms with Crippen LogP contribution < -0.4 is 5.73 Å². The number of hydrazone groups is 1. The second-order valence-electron chi connectivity index (χ2n) is 2.19. The summed E-state index contributed by atoms with van der Waals surface area (Å²) in [4.78, 5) is 10.9. The smallest absolute Gasteiger partial charge is 0.250 e. The van der Waals surface area contributed by atoms with Gasteiger partial charge in [0.2, 0.25) is 5.91 Å². The fraction of sp³-hybridized carbons (Fsp3) is 0.500. The lowest BCUT2D eigenvalue weighted by Crippen LogP contribution is -2.21. The molecule has 0 aromatic rings. The summed E-state index contributed by atoms with van der Waals surface area (Å²) in [5.41, 5.74) is 5.29. The highest BCUT2D eigenvalue weighted by Crippen LogP contribution is 2.04. The third-order valence-electron chi connectivity index (χ3n) is 1.30. The topological polar surface area (TPSA) is 82.5 Å². The summed E-state index contributed by atoms with van der Waals surface area (Å²) in [5.74, 6) is 0.200. The average Bonchev–Trinajstić information content (AvgIpc) is 2.26. The quantitative estimate of drug-likeness (QED) is 0.573. The molecule has 1 amide bonds. The first-order valence-corrected chi connectivity index (χ1v) is 3.24. The van der Waals surface area contributed by atoms with E-state index in [1.54, 1.807) is 0 Å². The second-order valence-corrected chi connectivity index (χ2v) is 2.19. The largest absolute Gasteiger partial charge is 0.385 e. The van der Waals surface area contributed by atoms with Crippen LogP contribution in [0.2, 0.25) is 0 Å². The van der Waals surface area contributed by atoms with Crippen LogP contribution in [-0.4, -0.2) is 23.3 Å². The molecule has 0 aromatic carbocycles. The summed E-state index contributed by atoms with van der Waals surface area (Å²) < 4.78 is 0. The lowest BCUT2D eigenvalue weighted by Gasteiger charge is -2.06. The zero-order valence-corrected chi connectivity index (χ0v) is 5.95. The number of amides is 1. The zero-order chi connectivity index (χ0) is 8.27. The van der Waals surface area contributed by atoms with Gasteiger partial charge in [0.05, 0.1) is 25.5 Å². The fourth-order valence-electron chi connectivity index (χ4n) is 0.823. The third kappa shape index (κ3) is 1.67. The third-order valence-corrected chi connectivity index (χ3v) is 1.30. The Morgan fingerprint density at radius 2 is 2.55 bits per heavy atom. The number of hydrogen-bond donors (Lipinski definition) is 1. The highest BCUT2D eigenvalue weighted by atomic mass is 16.2. The molecule has 2 N–H and O–H groups in total. The van der Waals surface area contributed by atoms with Crippen molar-refractivity contribution in [2.45, 2.75) is 12.8 Å². The molecule has 1 aliphatic heterocycles. The lowest BCUT2D eigenvalue weighted by molar-refractivity contribution is -0.128. The van der Waals surface area contributed by atoms with E-state index in [0.717, 1.165) is 0 Å². The van der Waals surface area contributed by atoms with Crippen molar-refractivity contribution in [2.75, 3.05) is 6.54 Å². The maximum atomic E-state index is 10.9. The van der Waals surface area contributed by atoms with Gasteiger partial charge < -0.3 is 5.73 Å². The zero-order valence-electron chi connectivity index (χ0n) is 5.95. The first-order valence-electron chi connectivity index (χ1n) is 3.24. The van der Waals surface area contributed by atoms with Crippen molar-refractivity contribution in [1.29, 1.82) is 5.26 Å². The van der Waals surface area contributed by atoms with Gasteiger partial charge in [-0.2, -0.15) is 10.4 Å². The lowest BCUT2D eigenvalue weighted by atomic mass is 10.4. The molecular formula is C6H8N4O. The Bertz CT molecular complexity index is 239. The van der Waals surface area contributed by atoms with Crippen LogP contribution in [0.4, 0.5) is 0 Å². The van der Waals surface area contributed by atoms with E-state index in [1.807, 2.05) is 6.07 Å². The van der Waals surface area contributed by atoms with Crippen LogP contribution in [0.3, 0.4) is 0 Å². The van der Waals surface area contributed by atoms with Crippen LogP contribution in [0.15, 0.2) is 5.10 Å². The molecule has 58 valence electrons. The minimum Gasteiger partial charge on any atom is -0.385 e. The summed E-state index contributed by atoms with van der Waals surface area (Å²) in [6, 6.07) is 1.93. The molecule has 1 aliphatic rings. The fourth-order valence-corrected chi connectivity index (χ4v) is 0.823. The predicted molar refractivity (Wildman–Crippen MR) is 38.2 cm³/mol. The van der Waals surface area contributed by atoms with Gasteiger partial charge in [-0.25, -0.2) is 5.01 Å². The molecule has 0 aromatic heterocycles. The minimum absolute atomic E-state index is 0.127. The summed E-state index contributed by atoms with van der Waals surface area (Å²) in [5, 5.41) is 13.2. The summed E-state index contributed by atoms with van der Waals surface area (Å²) in [6.45, 7) is 0.343. The van der Waals surface area contributed by atoms with Crippen molar-refractivity contribution in [3.8, 4) is 6.07 Å². The van der Waals surface area contributed by atoms with E-state index in [-0.39, 0.29) is 12.3 Å². The Labute approximate surface area is 64.1 Å². The van der Waals surface area contributed by atoms with E-state index in [0.29, 0.717) is 18.8 Å². The highest BCUT2D eigenvalue weighted by molar-refractivity contribution is 6.02. The Hall–Kier alpha value is -1.57. The molecule has 0 fully saturated rings. The van der Waals surface area contributed by atoms with Crippen molar-refractivity contribution in [3.63, 3.8) is 0 Å². The van der Waals surface area contributed by atoms with Gasteiger partial charge in [-0.15, -0.1) is 0 Å². The van der Waals surface area contributed by atoms with Gasteiger partial charge in [-0.1, -0.05) is 0 Å². The number of carbonyl (C=O) groups is 1. The SMILES string of the molecule is N#CCCN1N=C(N)CC1=O. The van der Waals surface area contributed by atoms with Crippen LogP contribution in [0.1, 0.15) is 12.8 Å². The first kappa shape index (κ1) is 7.54. The number of nitriles is 1. The molecule has 0 radical (unpaired) electrons. The number of nitrogens with two attached hydrogens (primary N) is 1. The molecule has 1 heterocycles. The van der Waals surface area contributed by atoms with E-state index in [1.165, 1.54) is 5.01 Å². The highest BCUT2D eigenvalue weighted by Gasteiger charge is 2.20. The molecular weight excluding hydrogens is 144 g/mol. The molecule has 5 heteroatoms. The van der Waals surface area contributed by atoms with Crippen LogP contribution in [0, 0.1) is 11.3 Å². The maximum absolute atomic E-state index is 10.9. The van der Waals surface area contributed by atoms with Gasteiger partial charge in [-0.05, 0) is 0 Å². The molecule has 0 atom stereocenters. The van der Waals surface area contributed by atoms with Crippen LogP contribution in [0.25, 0.3) is 0 Å². The molecule has 11 heavy (non-hydrogen) atoms. The number of hydrogen-bond acceptors (Lipinski definition) is 4. The molecule has 0 unspecified atom stereocenters. The van der Waals surface area contributed by atoms with Gasteiger partial charge >= 0.3 is 0 Å².